The van der Waals surface area contributed by atoms with Gasteiger partial charge in [0.2, 0.25) is 5.91 Å². The molecule has 0 unspecified atom stereocenters. The van der Waals surface area contributed by atoms with Crippen LogP contribution in [0.2, 0.25) is 0 Å². The van der Waals surface area contributed by atoms with Gasteiger partial charge in [0.05, 0.1) is 12.0 Å². The summed E-state index contributed by atoms with van der Waals surface area (Å²) in [5.41, 5.74) is 1.81. The van der Waals surface area contributed by atoms with Gasteiger partial charge < -0.3 is 19.5 Å². The number of nitrogens with zero attached hydrogens (tertiary/aromatic N) is 1. The van der Waals surface area contributed by atoms with E-state index in [0.717, 1.165) is 18.5 Å². The smallest absolute Gasteiger partial charge is 0.228 e. The lowest BCUT2D eigenvalue weighted by molar-refractivity contribution is -0.142. The number of fused-ring (bicyclic) bond motifs is 1. The average Bonchev–Trinajstić information content (AvgIpc) is 2.75. The second-order valence-corrected chi connectivity index (χ2v) is 7.19. The number of aliphatic hydroxyl groups is 1. The monoisotopic (exact) mass is 379 g/mol. The lowest BCUT2D eigenvalue weighted by Gasteiger charge is -2.34. The Balaban J connectivity index is 1.43. The van der Waals surface area contributed by atoms with Gasteiger partial charge in [-0.2, -0.15) is 0 Å². The van der Waals surface area contributed by atoms with Crippen LogP contribution in [0.4, 0.5) is 0 Å². The van der Waals surface area contributed by atoms with Crippen LogP contribution in [-0.4, -0.2) is 42.2 Å². The van der Waals surface area contributed by atoms with Crippen molar-refractivity contribution in [1.82, 2.24) is 4.90 Å². The van der Waals surface area contributed by atoms with Crippen molar-refractivity contribution in [3.63, 3.8) is 0 Å². The van der Waals surface area contributed by atoms with Gasteiger partial charge >= 0.3 is 0 Å². The molecule has 0 aromatic heterocycles. The molecule has 28 heavy (non-hydrogen) atoms. The zero-order chi connectivity index (χ0) is 19.3. The highest BCUT2D eigenvalue weighted by molar-refractivity contribution is 5.80. The van der Waals surface area contributed by atoms with Gasteiger partial charge in [-0.1, -0.05) is 48.6 Å². The number of hydrogen-bond donors (Lipinski definition) is 1. The van der Waals surface area contributed by atoms with Crippen molar-refractivity contribution in [2.24, 2.45) is 5.92 Å². The third-order valence-electron chi connectivity index (χ3n) is 5.30. The number of piperidine rings is 1. The molecule has 0 radical (unpaired) electrons. The summed E-state index contributed by atoms with van der Waals surface area (Å²) in [4.78, 5) is 14.8. The van der Waals surface area contributed by atoms with Crippen LogP contribution in [-0.2, 0) is 4.79 Å². The lowest BCUT2D eigenvalue weighted by atomic mass is 9.87. The Morgan fingerprint density at radius 2 is 1.89 bits per heavy atom. The lowest BCUT2D eigenvalue weighted by Crippen LogP contribution is -2.43. The number of rotatable bonds is 5. The van der Waals surface area contributed by atoms with Crippen LogP contribution < -0.4 is 9.47 Å². The molecule has 1 N–H and O–H groups in total. The van der Waals surface area contributed by atoms with E-state index in [1.807, 2.05) is 53.5 Å². The summed E-state index contributed by atoms with van der Waals surface area (Å²) < 4.78 is 11.1. The summed E-state index contributed by atoms with van der Waals surface area (Å²) in [5, 5.41) is 10.9. The summed E-state index contributed by atoms with van der Waals surface area (Å²) in [6, 6.07) is 15.4. The first-order valence-corrected chi connectivity index (χ1v) is 9.80. The number of ether oxygens (including phenoxy) is 2. The summed E-state index contributed by atoms with van der Waals surface area (Å²) in [7, 11) is 0. The van der Waals surface area contributed by atoms with Crippen molar-refractivity contribution in [2.75, 3.05) is 26.3 Å². The minimum atomic E-state index is -0.843. The third kappa shape index (κ3) is 4.04. The highest BCUT2D eigenvalue weighted by Crippen LogP contribution is 2.36. The minimum Gasteiger partial charge on any atom is -0.486 e. The number of carbonyl (C=O) groups is 1. The molecule has 1 amide bonds. The van der Waals surface area contributed by atoms with Crippen molar-refractivity contribution < 1.29 is 19.4 Å². The standard InChI is InChI=1S/C23H25NO4/c25-22(18-10-11-20-21(16-18)28-15-14-27-20)19-9-5-13-24(23(19)26)12-4-8-17-6-2-1-3-7-17/h1-4,6-8,10-11,16,19,22,25H,5,9,12-15H2/b8-4+/t19-,22+/m1/s1. The number of benzene rings is 2. The number of carbonyl (C=O) groups excluding carboxylic acids is 1. The number of likely N-dealkylation sites (tertiary alicyclic amines) is 1. The molecule has 2 atom stereocenters. The maximum atomic E-state index is 12.9. The molecule has 2 heterocycles. The van der Waals surface area contributed by atoms with E-state index in [2.05, 4.69) is 0 Å². The van der Waals surface area contributed by atoms with E-state index in [1.54, 1.807) is 12.1 Å². The van der Waals surface area contributed by atoms with Crippen LogP contribution in [0.1, 0.15) is 30.1 Å². The van der Waals surface area contributed by atoms with Gasteiger partial charge in [-0.25, -0.2) is 0 Å². The van der Waals surface area contributed by atoms with Gasteiger partial charge in [0.1, 0.15) is 13.2 Å². The largest absolute Gasteiger partial charge is 0.486 e. The first kappa shape index (κ1) is 18.6. The summed E-state index contributed by atoms with van der Waals surface area (Å²) in [6.07, 6.45) is 4.76. The topological polar surface area (TPSA) is 59.0 Å². The van der Waals surface area contributed by atoms with Gasteiger partial charge in [-0.05, 0) is 36.1 Å². The fourth-order valence-corrected chi connectivity index (χ4v) is 3.80. The second kappa shape index (κ2) is 8.48. The number of hydrogen-bond acceptors (Lipinski definition) is 4. The zero-order valence-corrected chi connectivity index (χ0v) is 15.8. The Hall–Kier alpha value is -2.79. The van der Waals surface area contributed by atoms with Crippen molar-refractivity contribution in [3.8, 4) is 11.5 Å². The van der Waals surface area contributed by atoms with Crippen LogP contribution in [0.25, 0.3) is 6.08 Å². The van der Waals surface area contributed by atoms with Crippen molar-refractivity contribution in [1.29, 1.82) is 0 Å². The predicted molar refractivity (Wildman–Crippen MR) is 107 cm³/mol. The zero-order valence-electron chi connectivity index (χ0n) is 15.8. The molecule has 146 valence electrons. The Bertz CT molecular complexity index is 849. The SMILES string of the molecule is O=C1[C@@H]([C@@H](O)c2ccc3c(c2)OCCO3)CCCN1C/C=C/c1ccccc1. The molecule has 2 aliphatic rings. The van der Waals surface area contributed by atoms with Gasteiger partial charge in [-0.3, -0.25) is 4.79 Å². The maximum Gasteiger partial charge on any atom is 0.228 e. The molecule has 2 aromatic carbocycles. The van der Waals surface area contributed by atoms with E-state index in [4.69, 9.17) is 9.47 Å². The van der Waals surface area contributed by atoms with Crippen LogP contribution in [0.3, 0.4) is 0 Å². The highest BCUT2D eigenvalue weighted by Gasteiger charge is 2.34. The van der Waals surface area contributed by atoms with E-state index in [1.165, 1.54) is 0 Å². The fraction of sp³-hybridized carbons (Fsp3) is 0.348. The van der Waals surface area contributed by atoms with Crippen LogP contribution in [0, 0.1) is 5.92 Å². The van der Waals surface area contributed by atoms with E-state index in [0.29, 0.717) is 43.2 Å². The maximum absolute atomic E-state index is 12.9. The summed E-state index contributed by atoms with van der Waals surface area (Å²) in [6.45, 7) is 2.30. The molecule has 5 heteroatoms. The van der Waals surface area contributed by atoms with Crippen LogP contribution in [0.15, 0.2) is 54.6 Å². The van der Waals surface area contributed by atoms with E-state index in [9.17, 15) is 9.90 Å². The average molecular weight is 379 g/mol. The highest BCUT2D eigenvalue weighted by atomic mass is 16.6. The Kier molecular flexibility index (Phi) is 5.63. The molecule has 2 aliphatic heterocycles. The summed E-state index contributed by atoms with van der Waals surface area (Å²) >= 11 is 0. The molecule has 2 aromatic rings. The molecule has 1 saturated heterocycles. The third-order valence-corrected chi connectivity index (χ3v) is 5.30. The van der Waals surface area contributed by atoms with Crippen molar-refractivity contribution >= 4 is 12.0 Å². The molecule has 0 spiro atoms. The molecule has 0 aliphatic carbocycles. The number of amides is 1. The molecule has 5 nitrogen and oxygen atoms in total. The molecule has 0 bridgehead atoms. The van der Waals surface area contributed by atoms with Gasteiger partial charge in [0.15, 0.2) is 11.5 Å². The Labute approximate surface area is 165 Å². The van der Waals surface area contributed by atoms with Crippen molar-refractivity contribution in [2.45, 2.75) is 18.9 Å². The predicted octanol–water partition coefficient (Wildman–Crippen LogP) is 3.44. The Morgan fingerprint density at radius 3 is 2.71 bits per heavy atom. The van der Waals surface area contributed by atoms with Crippen LogP contribution >= 0.6 is 0 Å². The van der Waals surface area contributed by atoms with Gasteiger partial charge in [0, 0.05) is 13.1 Å². The van der Waals surface area contributed by atoms with E-state index >= 15 is 0 Å². The second-order valence-electron chi connectivity index (χ2n) is 7.19. The molecule has 0 saturated carbocycles. The van der Waals surface area contributed by atoms with E-state index < -0.39 is 12.0 Å². The molecular formula is C23H25NO4. The Morgan fingerprint density at radius 1 is 1.11 bits per heavy atom. The van der Waals surface area contributed by atoms with Crippen LogP contribution in [0.5, 0.6) is 11.5 Å². The first-order chi connectivity index (χ1) is 13.7. The van der Waals surface area contributed by atoms with Crippen molar-refractivity contribution in [3.05, 3.63) is 65.7 Å². The normalized spacial score (nSPS) is 20.4. The molecule has 1 fully saturated rings. The first-order valence-electron chi connectivity index (χ1n) is 9.80. The molecule has 4 rings (SSSR count). The summed E-state index contributed by atoms with van der Waals surface area (Å²) in [5.74, 6) is 0.895. The van der Waals surface area contributed by atoms with Gasteiger partial charge in [0.25, 0.3) is 0 Å². The quantitative estimate of drug-likeness (QED) is 0.865. The molecular weight excluding hydrogens is 354 g/mol. The van der Waals surface area contributed by atoms with Gasteiger partial charge in [-0.15, -0.1) is 0 Å². The fourth-order valence-electron chi connectivity index (χ4n) is 3.80. The van der Waals surface area contributed by atoms with E-state index in [-0.39, 0.29) is 5.91 Å². The minimum absolute atomic E-state index is 0.00588. The number of aliphatic hydroxyl groups excluding tert-OH is 1.